The molecule has 0 saturated heterocycles. The van der Waals surface area contributed by atoms with E-state index < -0.39 is 8.07 Å². The lowest BCUT2D eigenvalue weighted by molar-refractivity contribution is 0.0813. The Bertz CT molecular complexity index is 547. The Kier molecular flexibility index (Phi) is 4.33. The van der Waals surface area contributed by atoms with E-state index in [4.69, 9.17) is 10.5 Å². The molecule has 0 amide bonds. The van der Waals surface area contributed by atoms with E-state index in [1.807, 2.05) is 12.3 Å². The Labute approximate surface area is 114 Å². The van der Waals surface area contributed by atoms with Gasteiger partial charge in [0.1, 0.15) is 6.73 Å². The lowest BCUT2D eigenvalue weighted by Gasteiger charge is -2.15. The fraction of sp³-hybridized carbons (Fsp3) is 0.538. The van der Waals surface area contributed by atoms with Crippen LogP contribution < -0.4 is 5.73 Å². The fourth-order valence-electron chi connectivity index (χ4n) is 1.75. The third kappa shape index (κ3) is 3.86. The zero-order valence-electron chi connectivity index (χ0n) is 11.9. The lowest BCUT2D eigenvalue weighted by Crippen LogP contribution is -2.22. The molecule has 0 aliphatic rings. The molecule has 2 rings (SSSR count). The molecule has 6 heteroatoms. The maximum atomic E-state index is 5.69. The predicted molar refractivity (Wildman–Crippen MR) is 79.5 cm³/mol. The first kappa shape index (κ1) is 14.2. The molecule has 0 saturated carbocycles. The molecule has 0 unspecified atom stereocenters. The molecule has 0 aliphatic carbocycles. The predicted octanol–water partition coefficient (Wildman–Crippen LogP) is 2.20. The van der Waals surface area contributed by atoms with Gasteiger partial charge in [-0.15, -0.1) is 0 Å². The van der Waals surface area contributed by atoms with Crippen LogP contribution in [0.5, 0.6) is 0 Å². The van der Waals surface area contributed by atoms with E-state index >= 15 is 0 Å². The van der Waals surface area contributed by atoms with Crippen LogP contribution in [0.4, 0.5) is 0 Å². The van der Waals surface area contributed by atoms with Crippen LogP contribution >= 0.6 is 0 Å². The monoisotopic (exact) mass is 278 g/mol. The Morgan fingerprint density at radius 3 is 2.79 bits per heavy atom. The normalized spacial score (nSPS) is 12.2. The number of hydrogen-bond acceptors (Lipinski definition) is 4. The van der Waals surface area contributed by atoms with Crippen LogP contribution in [0.1, 0.15) is 5.56 Å². The third-order valence-electron chi connectivity index (χ3n) is 2.98. The first-order chi connectivity index (χ1) is 8.99. The Hall–Kier alpha value is -1.24. The summed E-state index contributed by atoms with van der Waals surface area (Å²) in [6.45, 7) is 8.78. The summed E-state index contributed by atoms with van der Waals surface area (Å²) in [5.74, 6) is 0. The molecule has 2 heterocycles. The summed E-state index contributed by atoms with van der Waals surface area (Å²) in [5.41, 5.74) is 7.47. The maximum Gasteiger partial charge on any atom is 0.160 e. The Morgan fingerprint density at radius 2 is 2.11 bits per heavy atom. The zero-order chi connectivity index (χ0) is 13.9. The van der Waals surface area contributed by atoms with Gasteiger partial charge >= 0.3 is 0 Å². The van der Waals surface area contributed by atoms with Crippen LogP contribution in [0.25, 0.3) is 11.0 Å². The molecule has 0 atom stereocenters. The number of ether oxygens (including phenoxy) is 1. The summed E-state index contributed by atoms with van der Waals surface area (Å²) in [6, 6.07) is 3.19. The summed E-state index contributed by atoms with van der Waals surface area (Å²) in [7, 11) is -1.03. The van der Waals surface area contributed by atoms with E-state index in [0.717, 1.165) is 29.2 Å². The SMILES string of the molecule is C[Si](C)(C)CCOCn1ncc2cc(CN)cnc21. The van der Waals surface area contributed by atoms with Crippen molar-refractivity contribution in [1.82, 2.24) is 14.8 Å². The van der Waals surface area contributed by atoms with E-state index in [0.29, 0.717) is 13.3 Å². The van der Waals surface area contributed by atoms with Crippen LogP contribution in [0.3, 0.4) is 0 Å². The molecule has 0 spiro atoms. The minimum atomic E-state index is -1.03. The van der Waals surface area contributed by atoms with Crippen molar-refractivity contribution < 1.29 is 4.74 Å². The number of pyridine rings is 1. The van der Waals surface area contributed by atoms with Crippen molar-refractivity contribution >= 4 is 19.1 Å². The van der Waals surface area contributed by atoms with Gasteiger partial charge in [-0.3, -0.25) is 0 Å². The second kappa shape index (κ2) is 5.81. The van der Waals surface area contributed by atoms with E-state index in [1.54, 1.807) is 10.9 Å². The first-order valence-electron chi connectivity index (χ1n) is 6.58. The van der Waals surface area contributed by atoms with Gasteiger partial charge in [0.2, 0.25) is 0 Å². The van der Waals surface area contributed by atoms with Crippen LogP contribution in [-0.4, -0.2) is 29.4 Å². The highest BCUT2D eigenvalue weighted by atomic mass is 28.3. The summed E-state index contributed by atoms with van der Waals surface area (Å²) in [4.78, 5) is 4.39. The molecular formula is C13H22N4OSi. The van der Waals surface area contributed by atoms with Gasteiger partial charge in [0.25, 0.3) is 0 Å². The summed E-state index contributed by atoms with van der Waals surface area (Å²) >= 11 is 0. The van der Waals surface area contributed by atoms with Gasteiger partial charge in [0.05, 0.1) is 6.20 Å². The summed E-state index contributed by atoms with van der Waals surface area (Å²) in [6.07, 6.45) is 3.60. The van der Waals surface area contributed by atoms with Crippen molar-refractivity contribution in [2.45, 2.75) is 39.0 Å². The average Bonchev–Trinajstić information content (AvgIpc) is 2.75. The quantitative estimate of drug-likeness (QED) is 0.650. The van der Waals surface area contributed by atoms with Gasteiger partial charge in [-0.05, 0) is 17.7 Å². The third-order valence-corrected chi connectivity index (χ3v) is 4.68. The number of nitrogens with two attached hydrogens (primary N) is 1. The highest BCUT2D eigenvalue weighted by Crippen LogP contribution is 2.13. The molecule has 0 aromatic carbocycles. The number of nitrogens with zero attached hydrogens (tertiary/aromatic N) is 3. The van der Waals surface area contributed by atoms with Crippen molar-refractivity contribution in [1.29, 1.82) is 0 Å². The van der Waals surface area contributed by atoms with Crippen LogP contribution in [0.2, 0.25) is 25.7 Å². The number of aromatic nitrogens is 3. The minimum Gasteiger partial charge on any atom is -0.359 e. The first-order valence-corrected chi connectivity index (χ1v) is 10.3. The van der Waals surface area contributed by atoms with Crippen LogP contribution in [0.15, 0.2) is 18.5 Å². The summed E-state index contributed by atoms with van der Waals surface area (Å²) < 4.78 is 7.48. The highest BCUT2D eigenvalue weighted by molar-refractivity contribution is 6.76. The van der Waals surface area contributed by atoms with Gasteiger partial charge < -0.3 is 10.5 Å². The van der Waals surface area contributed by atoms with Crippen molar-refractivity contribution in [2.75, 3.05) is 6.61 Å². The molecule has 0 radical (unpaired) electrons. The largest absolute Gasteiger partial charge is 0.359 e. The van der Waals surface area contributed by atoms with Crippen molar-refractivity contribution in [3.05, 3.63) is 24.0 Å². The van der Waals surface area contributed by atoms with Crippen molar-refractivity contribution in [2.24, 2.45) is 5.73 Å². The molecule has 5 nitrogen and oxygen atoms in total. The van der Waals surface area contributed by atoms with Gasteiger partial charge in [0.15, 0.2) is 5.65 Å². The maximum absolute atomic E-state index is 5.69. The smallest absolute Gasteiger partial charge is 0.160 e. The molecular weight excluding hydrogens is 256 g/mol. The Balaban J connectivity index is 1.98. The van der Waals surface area contributed by atoms with Crippen LogP contribution in [0, 0.1) is 0 Å². The molecule has 0 fully saturated rings. The van der Waals surface area contributed by atoms with E-state index in [9.17, 15) is 0 Å². The number of fused-ring (bicyclic) bond motifs is 1. The average molecular weight is 278 g/mol. The Morgan fingerprint density at radius 1 is 1.32 bits per heavy atom. The van der Waals surface area contributed by atoms with Gasteiger partial charge in [-0.1, -0.05) is 19.6 Å². The molecule has 2 aromatic rings. The van der Waals surface area contributed by atoms with Crippen molar-refractivity contribution in [3.8, 4) is 0 Å². The molecule has 19 heavy (non-hydrogen) atoms. The lowest BCUT2D eigenvalue weighted by atomic mass is 10.2. The minimum absolute atomic E-state index is 0.461. The highest BCUT2D eigenvalue weighted by Gasteiger charge is 2.12. The molecule has 2 N–H and O–H groups in total. The fourth-order valence-corrected chi connectivity index (χ4v) is 2.51. The topological polar surface area (TPSA) is 66.0 Å². The van der Waals surface area contributed by atoms with Gasteiger partial charge in [-0.2, -0.15) is 5.10 Å². The van der Waals surface area contributed by atoms with Crippen molar-refractivity contribution in [3.63, 3.8) is 0 Å². The standard InChI is InChI=1S/C13H22N4OSi/c1-19(2,3)5-4-18-10-17-13-12(9-16-17)6-11(7-14)8-15-13/h6,8-9H,4-5,7,10,14H2,1-3H3. The zero-order valence-corrected chi connectivity index (χ0v) is 12.9. The molecule has 0 aliphatic heterocycles. The second-order valence-corrected chi connectivity index (χ2v) is 11.6. The molecule has 2 aromatic heterocycles. The van der Waals surface area contributed by atoms with E-state index in [2.05, 4.69) is 29.7 Å². The van der Waals surface area contributed by atoms with Gasteiger partial charge in [-0.25, -0.2) is 9.67 Å². The van der Waals surface area contributed by atoms with E-state index in [-0.39, 0.29) is 0 Å². The summed E-state index contributed by atoms with van der Waals surface area (Å²) in [5, 5.41) is 5.32. The van der Waals surface area contributed by atoms with E-state index in [1.165, 1.54) is 0 Å². The van der Waals surface area contributed by atoms with Crippen LogP contribution in [-0.2, 0) is 18.0 Å². The molecule has 0 bridgehead atoms. The molecule has 104 valence electrons. The number of rotatable bonds is 6. The van der Waals surface area contributed by atoms with Gasteiger partial charge in [0, 0.05) is 32.8 Å². The second-order valence-electron chi connectivity index (χ2n) is 5.95. The number of hydrogen-bond donors (Lipinski definition) is 1.